The molecule has 0 aromatic heterocycles. The molecule has 2 rings (SSSR count). The fourth-order valence-corrected chi connectivity index (χ4v) is 2.27. The Morgan fingerprint density at radius 3 is 2.47 bits per heavy atom. The quantitative estimate of drug-likeness (QED) is 0.785. The minimum Gasteiger partial charge on any atom is -0.295 e. The van der Waals surface area contributed by atoms with Gasteiger partial charge in [0.25, 0.3) is 0 Å². The van der Waals surface area contributed by atoms with Crippen molar-refractivity contribution < 1.29 is 4.39 Å². The number of benzene rings is 2. The molecule has 19 heavy (non-hydrogen) atoms. The zero-order chi connectivity index (χ0) is 13.8. The number of nitrogens with zero attached hydrogens (tertiary/aromatic N) is 1. The fourth-order valence-electron chi connectivity index (χ4n) is 2.04. The van der Waals surface area contributed by atoms with Crippen molar-refractivity contribution in [2.75, 3.05) is 7.05 Å². The Morgan fingerprint density at radius 1 is 1.16 bits per heavy atom. The number of halogens is 2. The summed E-state index contributed by atoms with van der Waals surface area (Å²) in [5, 5.41) is 0.479. The van der Waals surface area contributed by atoms with Gasteiger partial charge in [-0.3, -0.25) is 4.90 Å². The second-order valence-corrected chi connectivity index (χ2v) is 5.14. The molecule has 0 radical (unpaired) electrons. The summed E-state index contributed by atoms with van der Waals surface area (Å²) in [6.45, 7) is 2.84. The lowest BCUT2D eigenvalue weighted by Crippen LogP contribution is -2.22. The van der Waals surface area contributed by atoms with Crippen molar-refractivity contribution in [1.82, 2.24) is 4.90 Å². The van der Waals surface area contributed by atoms with Crippen molar-refractivity contribution in [3.8, 4) is 0 Å². The summed E-state index contributed by atoms with van der Waals surface area (Å²) in [4.78, 5) is 2.19. The van der Waals surface area contributed by atoms with Crippen molar-refractivity contribution in [2.45, 2.75) is 19.5 Å². The van der Waals surface area contributed by atoms with Crippen LogP contribution in [0.15, 0.2) is 48.5 Å². The van der Waals surface area contributed by atoms with E-state index in [-0.39, 0.29) is 11.9 Å². The summed E-state index contributed by atoms with van der Waals surface area (Å²) < 4.78 is 13.0. The van der Waals surface area contributed by atoms with Gasteiger partial charge in [0.1, 0.15) is 5.82 Å². The van der Waals surface area contributed by atoms with E-state index in [0.29, 0.717) is 11.6 Å². The van der Waals surface area contributed by atoms with Gasteiger partial charge in [-0.1, -0.05) is 48.0 Å². The second kappa shape index (κ2) is 6.18. The molecule has 1 unspecified atom stereocenters. The van der Waals surface area contributed by atoms with Crippen LogP contribution in [0, 0.1) is 5.82 Å². The van der Waals surface area contributed by atoms with Gasteiger partial charge >= 0.3 is 0 Å². The Hall–Kier alpha value is -1.38. The van der Waals surface area contributed by atoms with E-state index in [0.717, 1.165) is 5.56 Å². The molecule has 0 aliphatic heterocycles. The Balaban J connectivity index is 2.10. The molecule has 0 heterocycles. The zero-order valence-corrected chi connectivity index (χ0v) is 11.9. The smallest absolute Gasteiger partial charge is 0.124 e. The maximum absolute atomic E-state index is 13.0. The van der Waals surface area contributed by atoms with E-state index in [1.165, 1.54) is 17.7 Å². The van der Waals surface area contributed by atoms with Crippen LogP contribution >= 0.6 is 11.6 Å². The molecule has 0 saturated carbocycles. The van der Waals surface area contributed by atoms with E-state index in [9.17, 15) is 4.39 Å². The molecule has 3 heteroatoms. The molecule has 1 atom stereocenters. The lowest BCUT2D eigenvalue weighted by Gasteiger charge is -2.25. The Labute approximate surface area is 118 Å². The first-order chi connectivity index (χ1) is 9.08. The monoisotopic (exact) mass is 277 g/mol. The van der Waals surface area contributed by atoms with Gasteiger partial charge in [-0.25, -0.2) is 4.39 Å². The SMILES string of the molecule is CC(c1ccccc1)N(C)Cc1ccc(F)cc1Cl. The van der Waals surface area contributed by atoms with Gasteiger partial charge in [0.2, 0.25) is 0 Å². The van der Waals surface area contributed by atoms with Gasteiger partial charge in [-0.2, -0.15) is 0 Å². The van der Waals surface area contributed by atoms with Crippen LogP contribution in [0.3, 0.4) is 0 Å². The molecule has 1 nitrogen and oxygen atoms in total. The molecule has 0 saturated heterocycles. The highest BCUT2D eigenvalue weighted by molar-refractivity contribution is 6.31. The van der Waals surface area contributed by atoms with Crippen LogP contribution in [0.5, 0.6) is 0 Å². The third-order valence-corrected chi connectivity index (χ3v) is 3.73. The normalized spacial score (nSPS) is 12.7. The van der Waals surface area contributed by atoms with Crippen molar-refractivity contribution >= 4 is 11.6 Å². The van der Waals surface area contributed by atoms with Crippen molar-refractivity contribution in [3.05, 3.63) is 70.5 Å². The van der Waals surface area contributed by atoms with Gasteiger partial charge in [-0.05, 0) is 37.2 Å². The van der Waals surface area contributed by atoms with E-state index in [2.05, 4.69) is 24.0 Å². The van der Waals surface area contributed by atoms with Crippen LogP contribution in [0.1, 0.15) is 24.1 Å². The largest absolute Gasteiger partial charge is 0.295 e. The summed E-state index contributed by atoms with van der Waals surface area (Å²) in [7, 11) is 2.04. The third kappa shape index (κ3) is 3.55. The van der Waals surface area contributed by atoms with Crippen molar-refractivity contribution in [3.63, 3.8) is 0 Å². The first-order valence-corrected chi connectivity index (χ1v) is 6.65. The summed E-state index contributed by atoms with van der Waals surface area (Å²) in [5.41, 5.74) is 2.19. The van der Waals surface area contributed by atoms with E-state index >= 15 is 0 Å². The molecule has 0 aliphatic rings. The number of hydrogen-bond donors (Lipinski definition) is 0. The molecule has 0 spiro atoms. The van der Waals surface area contributed by atoms with E-state index in [1.807, 2.05) is 25.2 Å². The highest BCUT2D eigenvalue weighted by atomic mass is 35.5. The maximum atomic E-state index is 13.0. The van der Waals surface area contributed by atoms with Gasteiger partial charge in [0.15, 0.2) is 0 Å². The minimum atomic E-state index is -0.299. The zero-order valence-electron chi connectivity index (χ0n) is 11.1. The van der Waals surface area contributed by atoms with Gasteiger partial charge in [-0.15, -0.1) is 0 Å². The highest BCUT2D eigenvalue weighted by Gasteiger charge is 2.13. The van der Waals surface area contributed by atoms with E-state index in [1.54, 1.807) is 6.07 Å². The number of hydrogen-bond acceptors (Lipinski definition) is 1. The summed E-state index contributed by atoms with van der Waals surface area (Å²) in [6.07, 6.45) is 0. The van der Waals surface area contributed by atoms with Crippen LogP contribution < -0.4 is 0 Å². The molecular formula is C16H17ClFN. The van der Waals surface area contributed by atoms with Gasteiger partial charge < -0.3 is 0 Å². The first-order valence-electron chi connectivity index (χ1n) is 6.27. The molecule has 2 aromatic carbocycles. The lowest BCUT2D eigenvalue weighted by atomic mass is 10.1. The molecule has 100 valence electrons. The Kier molecular flexibility index (Phi) is 4.56. The highest BCUT2D eigenvalue weighted by Crippen LogP contribution is 2.24. The molecular weight excluding hydrogens is 261 g/mol. The fraction of sp³-hybridized carbons (Fsp3) is 0.250. The second-order valence-electron chi connectivity index (χ2n) is 4.74. The Bertz CT molecular complexity index is 542. The summed E-state index contributed by atoms with van der Waals surface area (Å²) in [5.74, 6) is -0.299. The Morgan fingerprint density at radius 2 is 1.84 bits per heavy atom. The predicted molar refractivity (Wildman–Crippen MR) is 77.7 cm³/mol. The van der Waals surface area contributed by atoms with Gasteiger partial charge in [0.05, 0.1) is 0 Å². The van der Waals surface area contributed by atoms with Crippen LogP contribution in [0.4, 0.5) is 4.39 Å². The third-order valence-electron chi connectivity index (χ3n) is 3.38. The predicted octanol–water partition coefficient (Wildman–Crippen LogP) is 4.67. The van der Waals surface area contributed by atoms with Crippen molar-refractivity contribution in [2.24, 2.45) is 0 Å². The average molecular weight is 278 g/mol. The van der Waals surface area contributed by atoms with E-state index in [4.69, 9.17) is 11.6 Å². The molecule has 0 aliphatic carbocycles. The summed E-state index contributed by atoms with van der Waals surface area (Å²) in [6, 6.07) is 15.1. The average Bonchev–Trinajstić information content (AvgIpc) is 2.42. The van der Waals surface area contributed by atoms with Crippen LogP contribution in [0.25, 0.3) is 0 Å². The topological polar surface area (TPSA) is 3.24 Å². The first kappa shape index (κ1) is 14.0. The minimum absolute atomic E-state index is 0.280. The van der Waals surface area contributed by atoms with Crippen molar-refractivity contribution in [1.29, 1.82) is 0 Å². The molecule has 0 bridgehead atoms. The molecule has 2 aromatic rings. The maximum Gasteiger partial charge on any atom is 0.124 e. The van der Waals surface area contributed by atoms with Crippen LogP contribution in [0.2, 0.25) is 5.02 Å². The molecule has 0 N–H and O–H groups in total. The molecule has 0 fully saturated rings. The standard InChI is InChI=1S/C16H17ClFN/c1-12(13-6-4-3-5-7-13)19(2)11-14-8-9-15(18)10-16(14)17/h3-10,12H,11H2,1-2H3. The van der Waals surface area contributed by atoms with Crippen LogP contribution in [-0.2, 0) is 6.54 Å². The van der Waals surface area contributed by atoms with Gasteiger partial charge in [0, 0.05) is 17.6 Å². The van der Waals surface area contributed by atoms with Crippen LogP contribution in [-0.4, -0.2) is 11.9 Å². The number of rotatable bonds is 4. The van der Waals surface area contributed by atoms with E-state index < -0.39 is 0 Å². The summed E-state index contributed by atoms with van der Waals surface area (Å²) >= 11 is 6.06. The lowest BCUT2D eigenvalue weighted by molar-refractivity contribution is 0.253. The molecule has 0 amide bonds.